The zero-order valence-electron chi connectivity index (χ0n) is 10.4. The lowest BCUT2D eigenvalue weighted by Gasteiger charge is -2.21. The molecule has 0 aromatic carbocycles. The standard InChI is InChI=1S/C12H15BrN4S2/c13-11-7-17-9(4-16-12(17)6-15-11)3-14-5-10-8-18-1-2-19-10/h4,6-7,10,14H,1-3,5,8H2. The molecule has 0 amide bonds. The zero-order valence-corrected chi connectivity index (χ0v) is 13.6. The van der Waals surface area contributed by atoms with Crippen LogP contribution in [0.1, 0.15) is 5.69 Å². The van der Waals surface area contributed by atoms with Crippen molar-refractivity contribution in [1.82, 2.24) is 19.7 Å². The van der Waals surface area contributed by atoms with E-state index in [2.05, 4.69) is 59.1 Å². The molecule has 7 heteroatoms. The summed E-state index contributed by atoms with van der Waals surface area (Å²) in [6.45, 7) is 1.91. The molecular formula is C12H15BrN4S2. The number of halogens is 1. The van der Waals surface area contributed by atoms with Gasteiger partial charge in [0, 0.05) is 41.8 Å². The molecule has 0 bridgehead atoms. The highest BCUT2D eigenvalue weighted by Crippen LogP contribution is 2.23. The highest BCUT2D eigenvalue weighted by atomic mass is 79.9. The Morgan fingerprint density at radius 1 is 1.37 bits per heavy atom. The molecule has 3 rings (SSSR count). The molecule has 0 aliphatic carbocycles. The van der Waals surface area contributed by atoms with Crippen LogP contribution in [0.5, 0.6) is 0 Å². The van der Waals surface area contributed by atoms with Crippen LogP contribution in [0.2, 0.25) is 0 Å². The molecule has 2 aromatic rings. The van der Waals surface area contributed by atoms with Crippen molar-refractivity contribution in [1.29, 1.82) is 0 Å². The third-order valence-corrected chi connectivity index (χ3v) is 6.26. The predicted octanol–water partition coefficient (Wildman–Crippen LogP) is 2.43. The maximum atomic E-state index is 4.36. The van der Waals surface area contributed by atoms with E-state index in [-0.39, 0.29) is 0 Å². The maximum absolute atomic E-state index is 4.36. The first-order valence-corrected chi connectivity index (χ1v) is 9.20. The van der Waals surface area contributed by atoms with Crippen molar-refractivity contribution in [3.63, 3.8) is 0 Å². The number of hydrogen-bond acceptors (Lipinski definition) is 5. The third-order valence-electron chi connectivity index (χ3n) is 3.00. The summed E-state index contributed by atoms with van der Waals surface area (Å²) in [5, 5.41) is 4.28. The Kier molecular flexibility index (Phi) is 4.68. The van der Waals surface area contributed by atoms with Gasteiger partial charge in [0.1, 0.15) is 4.60 Å². The second kappa shape index (κ2) is 6.47. The molecule has 0 radical (unpaired) electrons. The van der Waals surface area contributed by atoms with E-state index in [1.54, 1.807) is 6.20 Å². The van der Waals surface area contributed by atoms with Gasteiger partial charge in [-0.2, -0.15) is 23.5 Å². The molecule has 19 heavy (non-hydrogen) atoms. The largest absolute Gasteiger partial charge is 0.310 e. The predicted molar refractivity (Wildman–Crippen MR) is 86.0 cm³/mol. The Morgan fingerprint density at radius 3 is 3.16 bits per heavy atom. The average molecular weight is 359 g/mol. The molecule has 0 spiro atoms. The van der Waals surface area contributed by atoms with Crippen molar-refractivity contribution in [2.45, 2.75) is 11.8 Å². The Balaban J connectivity index is 1.60. The molecule has 0 saturated carbocycles. The molecule has 1 fully saturated rings. The van der Waals surface area contributed by atoms with Crippen LogP contribution in [0.4, 0.5) is 0 Å². The Morgan fingerprint density at radius 2 is 2.32 bits per heavy atom. The Labute approximate surface area is 129 Å². The number of hydrogen-bond donors (Lipinski definition) is 1. The lowest BCUT2D eigenvalue weighted by Crippen LogP contribution is -2.28. The first kappa shape index (κ1) is 13.7. The Bertz CT molecular complexity index is 554. The van der Waals surface area contributed by atoms with Gasteiger partial charge in [0.2, 0.25) is 0 Å². The molecule has 1 saturated heterocycles. The molecule has 4 nitrogen and oxygen atoms in total. The minimum atomic E-state index is 0.742. The number of imidazole rings is 1. The van der Waals surface area contributed by atoms with Gasteiger partial charge in [-0.1, -0.05) is 0 Å². The lowest BCUT2D eigenvalue weighted by atomic mass is 10.4. The van der Waals surface area contributed by atoms with Gasteiger partial charge in [0.25, 0.3) is 0 Å². The zero-order chi connectivity index (χ0) is 13.1. The maximum Gasteiger partial charge on any atom is 0.155 e. The summed E-state index contributed by atoms with van der Waals surface area (Å²) in [7, 11) is 0. The van der Waals surface area contributed by atoms with Crippen molar-refractivity contribution >= 4 is 45.1 Å². The summed E-state index contributed by atoms with van der Waals surface area (Å²) >= 11 is 7.54. The van der Waals surface area contributed by atoms with Crippen LogP contribution >= 0.6 is 39.5 Å². The fourth-order valence-corrected chi connectivity index (χ4v) is 5.02. The van der Waals surface area contributed by atoms with E-state index in [4.69, 9.17) is 0 Å². The highest BCUT2D eigenvalue weighted by Gasteiger charge is 2.13. The minimum Gasteiger partial charge on any atom is -0.310 e. The van der Waals surface area contributed by atoms with Gasteiger partial charge in [0.05, 0.1) is 18.1 Å². The van der Waals surface area contributed by atoms with E-state index in [0.29, 0.717) is 0 Å². The number of thioether (sulfide) groups is 2. The normalized spacial score (nSPS) is 19.9. The van der Waals surface area contributed by atoms with Gasteiger partial charge in [0.15, 0.2) is 5.65 Å². The van der Waals surface area contributed by atoms with Crippen molar-refractivity contribution in [3.05, 3.63) is 28.9 Å². The summed E-state index contributed by atoms with van der Waals surface area (Å²) < 4.78 is 2.91. The van der Waals surface area contributed by atoms with Crippen LogP contribution in [-0.4, -0.2) is 43.4 Å². The molecule has 102 valence electrons. The van der Waals surface area contributed by atoms with E-state index < -0.39 is 0 Å². The molecule has 1 aliphatic rings. The number of nitrogens with one attached hydrogen (secondary N) is 1. The fraction of sp³-hybridized carbons (Fsp3) is 0.500. The van der Waals surface area contributed by atoms with E-state index in [1.165, 1.54) is 23.0 Å². The fourth-order valence-electron chi connectivity index (χ4n) is 2.06. The first-order chi connectivity index (χ1) is 9.33. The highest BCUT2D eigenvalue weighted by molar-refractivity contribution is 9.10. The van der Waals surface area contributed by atoms with Gasteiger partial charge < -0.3 is 5.32 Å². The quantitative estimate of drug-likeness (QED) is 0.908. The van der Waals surface area contributed by atoms with Crippen LogP contribution in [0.25, 0.3) is 5.65 Å². The van der Waals surface area contributed by atoms with Crippen LogP contribution in [0, 0.1) is 0 Å². The van der Waals surface area contributed by atoms with Crippen LogP contribution < -0.4 is 5.32 Å². The summed E-state index contributed by atoms with van der Waals surface area (Å²) in [6.07, 6.45) is 5.66. The molecular weight excluding hydrogens is 344 g/mol. The average Bonchev–Trinajstić information content (AvgIpc) is 2.83. The van der Waals surface area contributed by atoms with Gasteiger partial charge in [-0.3, -0.25) is 4.40 Å². The van der Waals surface area contributed by atoms with Crippen molar-refractivity contribution < 1.29 is 0 Å². The van der Waals surface area contributed by atoms with Gasteiger partial charge in [-0.25, -0.2) is 9.97 Å². The van der Waals surface area contributed by atoms with Crippen LogP contribution in [-0.2, 0) is 6.54 Å². The van der Waals surface area contributed by atoms with E-state index in [0.717, 1.165) is 28.6 Å². The number of rotatable bonds is 4. The lowest BCUT2D eigenvalue weighted by molar-refractivity contribution is 0.670. The van der Waals surface area contributed by atoms with Gasteiger partial charge >= 0.3 is 0 Å². The molecule has 1 atom stereocenters. The monoisotopic (exact) mass is 358 g/mol. The number of fused-ring (bicyclic) bond motifs is 1. The van der Waals surface area contributed by atoms with Crippen molar-refractivity contribution in [2.75, 3.05) is 23.8 Å². The van der Waals surface area contributed by atoms with E-state index in [1.807, 2.05) is 12.4 Å². The number of nitrogens with zero attached hydrogens (tertiary/aromatic N) is 3. The molecule has 1 N–H and O–H groups in total. The second-order valence-electron chi connectivity index (χ2n) is 4.39. The summed E-state index contributed by atoms with van der Waals surface area (Å²) in [5.41, 5.74) is 2.06. The summed E-state index contributed by atoms with van der Waals surface area (Å²) in [6, 6.07) is 0. The van der Waals surface area contributed by atoms with Gasteiger partial charge in [-0.05, 0) is 15.9 Å². The number of aromatic nitrogens is 3. The third kappa shape index (κ3) is 3.45. The van der Waals surface area contributed by atoms with E-state index in [9.17, 15) is 0 Å². The summed E-state index contributed by atoms with van der Waals surface area (Å²) in [5.74, 6) is 3.85. The Hall–Kier alpha value is -0.240. The van der Waals surface area contributed by atoms with Crippen molar-refractivity contribution in [3.8, 4) is 0 Å². The molecule has 1 aliphatic heterocycles. The SMILES string of the molecule is Brc1cn2c(CNCC3CSCCS3)cnc2cn1. The smallest absolute Gasteiger partial charge is 0.155 e. The summed E-state index contributed by atoms with van der Waals surface area (Å²) in [4.78, 5) is 8.54. The van der Waals surface area contributed by atoms with Crippen molar-refractivity contribution in [2.24, 2.45) is 0 Å². The van der Waals surface area contributed by atoms with Gasteiger partial charge in [-0.15, -0.1) is 0 Å². The molecule has 1 unspecified atom stereocenters. The van der Waals surface area contributed by atoms with E-state index >= 15 is 0 Å². The minimum absolute atomic E-state index is 0.742. The molecule has 2 aromatic heterocycles. The second-order valence-corrected chi connectivity index (χ2v) is 7.76. The molecule has 3 heterocycles. The topological polar surface area (TPSA) is 42.2 Å². The van der Waals surface area contributed by atoms with Crippen LogP contribution in [0.3, 0.4) is 0 Å². The van der Waals surface area contributed by atoms with Crippen LogP contribution in [0.15, 0.2) is 23.2 Å². The first-order valence-electron chi connectivity index (χ1n) is 6.20.